The van der Waals surface area contributed by atoms with Crippen LogP contribution in [0.4, 0.5) is 4.39 Å². The monoisotopic (exact) mass is 315 g/mol. The Labute approximate surface area is 125 Å². The number of aliphatic hydroxyl groups is 1. The maximum atomic E-state index is 13.4. The normalized spacial score (nSPS) is 18.0. The molecule has 1 saturated heterocycles. The summed E-state index contributed by atoms with van der Waals surface area (Å²) < 4.78 is 40.1. The predicted octanol–water partition coefficient (Wildman–Crippen LogP) is 2.52. The van der Waals surface area contributed by atoms with Crippen LogP contribution < -0.4 is 0 Å². The second-order valence-corrected chi connectivity index (χ2v) is 7.45. The standard InChI is InChI=1S/C15H22FNO3S/c1-2-3-12-6-8-17(9-7-12)21(19,20)15-10-14(16)5-4-13(15)11-18/h4-5,10,12,18H,2-3,6-9,11H2,1H3. The lowest BCUT2D eigenvalue weighted by atomic mass is 9.94. The SMILES string of the molecule is CCCC1CCN(S(=O)(=O)c2cc(F)ccc2CO)CC1. The van der Waals surface area contributed by atoms with Crippen LogP contribution in [0.1, 0.15) is 38.2 Å². The van der Waals surface area contributed by atoms with Gasteiger partial charge in [-0.2, -0.15) is 4.31 Å². The minimum atomic E-state index is -3.73. The third-order valence-electron chi connectivity index (χ3n) is 4.09. The highest BCUT2D eigenvalue weighted by Gasteiger charge is 2.30. The van der Waals surface area contributed by atoms with E-state index in [9.17, 15) is 17.9 Å². The van der Waals surface area contributed by atoms with Crippen molar-refractivity contribution in [1.29, 1.82) is 0 Å². The van der Waals surface area contributed by atoms with Gasteiger partial charge < -0.3 is 5.11 Å². The molecule has 1 N–H and O–H groups in total. The van der Waals surface area contributed by atoms with Gasteiger partial charge in [-0.05, 0) is 36.5 Å². The van der Waals surface area contributed by atoms with Crippen molar-refractivity contribution in [3.8, 4) is 0 Å². The number of hydrogen-bond acceptors (Lipinski definition) is 3. The molecule has 0 bridgehead atoms. The molecule has 4 nitrogen and oxygen atoms in total. The Kier molecular flexibility index (Phi) is 5.35. The molecular formula is C15H22FNO3S. The molecule has 1 aliphatic heterocycles. The molecule has 0 aliphatic carbocycles. The molecule has 0 spiro atoms. The second kappa shape index (κ2) is 6.85. The minimum absolute atomic E-state index is 0.112. The van der Waals surface area contributed by atoms with Crippen LogP contribution in [0.2, 0.25) is 0 Å². The zero-order valence-electron chi connectivity index (χ0n) is 12.3. The molecule has 6 heteroatoms. The molecule has 0 unspecified atom stereocenters. The quantitative estimate of drug-likeness (QED) is 0.908. The number of hydrogen-bond donors (Lipinski definition) is 1. The van der Waals surface area contributed by atoms with Gasteiger partial charge in [-0.1, -0.05) is 25.8 Å². The summed E-state index contributed by atoms with van der Waals surface area (Å²) in [4.78, 5) is -0.112. The Hall–Kier alpha value is -0.980. The molecule has 21 heavy (non-hydrogen) atoms. The lowest BCUT2D eigenvalue weighted by Gasteiger charge is -2.31. The van der Waals surface area contributed by atoms with Crippen molar-refractivity contribution in [3.05, 3.63) is 29.6 Å². The van der Waals surface area contributed by atoms with Crippen LogP contribution >= 0.6 is 0 Å². The fourth-order valence-corrected chi connectivity index (χ4v) is 4.58. The van der Waals surface area contributed by atoms with Gasteiger partial charge in [-0.25, -0.2) is 12.8 Å². The topological polar surface area (TPSA) is 57.6 Å². The number of sulfonamides is 1. The lowest BCUT2D eigenvalue weighted by molar-refractivity contribution is 0.259. The van der Waals surface area contributed by atoms with Crippen LogP contribution in [-0.2, 0) is 16.6 Å². The summed E-state index contributed by atoms with van der Waals surface area (Å²) in [6.45, 7) is 2.65. The molecule has 1 aromatic carbocycles. The van der Waals surface area contributed by atoms with E-state index in [1.54, 1.807) is 0 Å². The molecule has 0 aromatic heterocycles. The zero-order chi connectivity index (χ0) is 15.5. The molecule has 1 aliphatic rings. The fraction of sp³-hybridized carbons (Fsp3) is 0.600. The molecule has 1 heterocycles. The van der Waals surface area contributed by atoms with E-state index in [2.05, 4.69) is 6.92 Å². The molecule has 0 atom stereocenters. The van der Waals surface area contributed by atoms with Crippen molar-refractivity contribution in [2.24, 2.45) is 5.92 Å². The van der Waals surface area contributed by atoms with Crippen LogP contribution in [0.3, 0.4) is 0 Å². The number of halogens is 1. The zero-order valence-corrected chi connectivity index (χ0v) is 13.1. The summed E-state index contributed by atoms with van der Waals surface area (Å²) in [6, 6.07) is 3.49. The van der Waals surface area contributed by atoms with E-state index in [1.165, 1.54) is 10.4 Å². The molecule has 1 fully saturated rings. The Bertz CT molecular complexity index is 581. The maximum absolute atomic E-state index is 13.4. The van der Waals surface area contributed by atoms with Crippen molar-refractivity contribution < 1.29 is 17.9 Å². The first-order chi connectivity index (χ1) is 9.98. The first-order valence-electron chi connectivity index (χ1n) is 7.38. The summed E-state index contributed by atoms with van der Waals surface area (Å²) in [6.07, 6.45) is 3.92. The van der Waals surface area contributed by atoms with Crippen LogP contribution in [0, 0.1) is 11.7 Å². The van der Waals surface area contributed by atoms with Crippen LogP contribution in [0.25, 0.3) is 0 Å². The van der Waals surface area contributed by atoms with Crippen molar-refractivity contribution >= 4 is 10.0 Å². The molecule has 0 amide bonds. The molecule has 2 rings (SSSR count). The largest absolute Gasteiger partial charge is 0.392 e. The highest BCUT2D eigenvalue weighted by molar-refractivity contribution is 7.89. The Morgan fingerprint density at radius 3 is 2.57 bits per heavy atom. The number of piperidine rings is 1. The van der Waals surface area contributed by atoms with Gasteiger partial charge in [0.2, 0.25) is 10.0 Å². The Morgan fingerprint density at radius 2 is 2.00 bits per heavy atom. The summed E-state index contributed by atoms with van der Waals surface area (Å²) in [5.41, 5.74) is 0.243. The van der Waals surface area contributed by atoms with Gasteiger partial charge in [-0.3, -0.25) is 0 Å². The van der Waals surface area contributed by atoms with E-state index < -0.39 is 22.4 Å². The van der Waals surface area contributed by atoms with Gasteiger partial charge in [0.05, 0.1) is 11.5 Å². The summed E-state index contributed by atoms with van der Waals surface area (Å²) in [7, 11) is -3.73. The summed E-state index contributed by atoms with van der Waals surface area (Å²) in [5.74, 6) is -0.0297. The molecule has 1 aromatic rings. The molecule has 0 radical (unpaired) electrons. The fourth-order valence-electron chi connectivity index (χ4n) is 2.88. The average Bonchev–Trinajstić information content (AvgIpc) is 2.48. The van der Waals surface area contributed by atoms with E-state index in [0.717, 1.165) is 37.8 Å². The maximum Gasteiger partial charge on any atom is 0.243 e. The predicted molar refractivity (Wildman–Crippen MR) is 78.7 cm³/mol. The first-order valence-corrected chi connectivity index (χ1v) is 8.82. The van der Waals surface area contributed by atoms with E-state index in [0.29, 0.717) is 19.0 Å². The van der Waals surface area contributed by atoms with Gasteiger partial charge >= 0.3 is 0 Å². The average molecular weight is 315 g/mol. The first kappa shape index (κ1) is 16.4. The van der Waals surface area contributed by atoms with E-state index in [1.807, 2.05) is 0 Å². The van der Waals surface area contributed by atoms with Crippen molar-refractivity contribution in [3.63, 3.8) is 0 Å². The number of rotatable bonds is 5. The van der Waals surface area contributed by atoms with Crippen molar-refractivity contribution in [1.82, 2.24) is 4.31 Å². The van der Waals surface area contributed by atoms with E-state index in [-0.39, 0.29) is 10.5 Å². The van der Waals surface area contributed by atoms with Gasteiger partial charge in [0.1, 0.15) is 5.82 Å². The van der Waals surface area contributed by atoms with Crippen LogP contribution in [-0.4, -0.2) is 30.9 Å². The van der Waals surface area contributed by atoms with Crippen LogP contribution in [0.15, 0.2) is 23.1 Å². The minimum Gasteiger partial charge on any atom is -0.392 e. The van der Waals surface area contributed by atoms with Gasteiger partial charge in [0, 0.05) is 13.1 Å². The lowest BCUT2D eigenvalue weighted by Crippen LogP contribution is -2.38. The third-order valence-corrected chi connectivity index (χ3v) is 6.07. The van der Waals surface area contributed by atoms with E-state index >= 15 is 0 Å². The van der Waals surface area contributed by atoms with E-state index in [4.69, 9.17) is 0 Å². The van der Waals surface area contributed by atoms with Crippen molar-refractivity contribution in [2.45, 2.75) is 44.1 Å². The summed E-state index contributed by atoms with van der Waals surface area (Å²) >= 11 is 0. The number of nitrogens with zero attached hydrogens (tertiary/aromatic N) is 1. The Balaban J connectivity index is 2.21. The number of benzene rings is 1. The molecule has 118 valence electrons. The van der Waals surface area contributed by atoms with Gasteiger partial charge in [-0.15, -0.1) is 0 Å². The summed E-state index contributed by atoms with van der Waals surface area (Å²) in [5, 5.41) is 9.28. The highest BCUT2D eigenvalue weighted by Crippen LogP contribution is 2.28. The highest BCUT2D eigenvalue weighted by atomic mass is 32.2. The van der Waals surface area contributed by atoms with Crippen molar-refractivity contribution in [2.75, 3.05) is 13.1 Å². The third kappa shape index (κ3) is 3.62. The Morgan fingerprint density at radius 1 is 1.33 bits per heavy atom. The molecule has 0 saturated carbocycles. The van der Waals surface area contributed by atoms with Crippen LogP contribution in [0.5, 0.6) is 0 Å². The molecular weight excluding hydrogens is 293 g/mol. The smallest absolute Gasteiger partial charge is 0.243 e. The van der Waals surface area contributed by atoms with Gasteiger partial charge in [0.25, 0.3) is 0 Å². The second-order valence-electron chi connectivity index (χ2n) is 5.55. The number of aliphatic hydroxyl groups excluding tert-OH is 1. The van der Waals surface area contributed by atoms with Gasteiger partial charge in [0.15, 0.2) is 0 Å².